The van der Waals surface area contributed by atoms with Crippen LogP contribution in [0.4, 0.5) is 0 Å². The van der Waals surface area contributed by atoms with Gasteiger partial charge in [0.25, 0.3) is 0 Å². The van der Waals surface area contributed by atoms with Gasteiger partial charge in [-0.05, 0) is 26.0 Å². The fraction of sp³-hybridized carbons (Fsp3) is 0.462. The average Bonchev–Trinajstić information content (AvgIpc) is 2.40. The van der Waals surface area contributed by atoms with Crippen LogP contribution in [0.1, 0.15) is 13.8 Å². The Bertz CT molecular complexity index is 465. The Hall–Kier alpha value is -1.36. The van der Waals surface area contributed by atoms with E-state index in [1.54, 1.807) is 31.2 Å². The standard InChI is InChI=1S/C13H20NO5P/c1-3-17-13(15)11(2)18-20(16,10-9-14)19-12-7-5-4-6-8-12/h4-8,11H,3,9-10,14H2,1-2H3/t11-,20?/m1/s1. The third kappa shape index (κ3) is 5.33. The van der Waals surface area contributed by atoms with Crippen LogP contribution < -0.4 is 10.3 Å². The first kappa shape index (κ1) is 16.7. The number of esters is 1. The van der Waals surface area contributed by atoms with Crippen LogP contribution in [0.2, 0.25) is 0 Å². The van der Waals surface area contributed by atoms with Crippen molar-refractivity contribution < 1.29 is 23.1 Å². The third-order valence-corrected chi connectivity index (χ3v) is 4.26. The minimum atomic E-state index is -3.50. The van der Waals surface area contributed by atoms with Crippen molar-refractivity contribution in [3.8, 4) is 5.75 Å². The molecule has 0 aromatic heterocycles. The lowest BCUT2D eigenvalue weighted by Gasteiger charge is -2.21. The molecule has 0 aliphatic rings. The van der Waals surface area contributed by atoms with E-state index in [1.807, 2.05) is 6.07 Å². The molecule has 2 N–H and O–H groups in total. The highest BCUT2D eigenvalue weighted by molar-refractivity contribution is 7.54. The molecule has 112 valence electrons. The van der Waals surface area contributed by atoms with E-state index < -0.39 is 19.7 Å². The molecule has 0 aliphatic heterocycles. The number of ether oxygens (including phenoxy) is 1. The molecule has 1 aromatic carbocycles. The molecular formula is C13H20NO5P. The van der Waals surface area contributed by atoms with Crippen LogP contribution in [-0.2, 0) is 18.6 Å². The van der Waals surface area contributed by atoms with Gasteiger partial charge in [-0.15, -0.1) is 0 Å². The number of para-hydroxylation sites is 1. The lowest BCUT2D eigenvalue weighted by atomic mass is 10.3. The zero-order chi connectivity index (χ0) is 15.0. The highest BCUT2D eigenvalue weighted by Gasteiger charge is 2.31. The summed E-state index contributed by atoms with van der Waals surface area (Å²) in [6, 6.07) is 8.61. The Labute approximate surface area is 118 Å². The maximum Gasteiger partial charge on any atom is 0.381 e. The van der Waals surface area contributed by atoms with E-state index in [1.165, 1.54) is 6.92 Å². The Morgan fingerprint density at radius 1 is 1.35 bits per heavy atom. The predicted octanol–water partition coefficient (Wildman–Crippen LogP) is 2.19. The fourth-order valence-corrected chi connectivity index (χ4v) is 3.03. The van der Waals surface area contributed by atoms with E-state index in [-0.39, 0.29) is 19.3 Å². The summed E-state index contributed by atoms with van der Waals surface area (Å²) < 4.78 is 28.0. The van der Waals surface area contributed by atoms with E-state index in [9.17, 15) is 9.36 Å². The summed E-state index contributed by atoms with van der Waals surface area (Å²) in [5, 5.41) is 0. The molecule has 1 unspecified atom stereocenters. The molecule has 7 heteroatoms. The zero-order valence-electron chi connectivity index (χ0n) is 11.7. The average molecular weight is 301 g/mol. The molecular weight excluding hydrogens is 281 g/mol. The van der Waals surface area contributed by atoms with Crippen LogP contribution in [0.15, 0.2) is 30.3 Å². The topological polar surface area (TPSA) is 87.9 Å². The van der Waals surface area contributed by atoms with Gasteiger partial charge in [0.2, 0.25) is 0 Å². The minimum Gasteiger partial charge on any atom is -0.464 e. The van der Waals surface area contributed by atoms with E-state index >= 15 is 0 Å². The number of hydrogen-bond donors (Lipinski definition) is 1. The van der Waals surface area contributed by atoms with E-state index in [4.69, 9.17) is 19.5 Å². The minimum absolute atomic E-state index is 0.0195. The molecule has 0 spiro atoms. The number of carbonyl (C=O) groups is 1. The van der Waals surface area contributed by atoms with Crippen LogP contribution >= 0.6 is 7.60 Å². The second-order valence-corrected chi connectivity index (χ2v) is 6.09. The summed E-state index contributed by atoms with van der Waals surface area (Å²) in [6.45, 7) is 3.51. The molecule has 0 fully saturated rings. The maximum atomic E-state index is 12.6. The fourth-order valence-electron chi connectivity index (χ4n) is 1.46. The summed E-state index contributed by atoms with van der Waals surface area (Å²) in [5.74, 6) is -0.179. The van der Waals surface area contributed by atoms with Crippen molar-refractivity contribution in [2.45, 2.75) is 20.0 Å². The second-order valence-electron chi connectivity index (χ2n) is 4.03. The van der Waals surface area contributed by atoms with E-state index in [2.05, 4.69) is 0 Å². The molecule has 1 aromatic rings. The van der Waals surface area contributed by atoms with Crippen molar-refractivity contribution >= 4 is 13.6 Å². The Kier molecular flexibility index (Phi) is 6.71. The van der Waals surface area contributed by atoms with Gasteiger partial charge in [0.1, 0.15) is 5.75 Å². The molecule has 0 aliphatic carbocycles. The molecule has 2 atom stereocenters. The first-order valence-electron chi connectivity index (χ1n) is 6.39. The number of carbonyl (C=O) groups excluding carboxylic acids is 1. The van der Waals surface area contributed by atoms with Gasteiger partial charge in [-0.1, -0.05) is 18.2 Å². The Balaban J connectivity index is 2.76. The summed E-state index contributed by atoms with van der Waals surface area (Å²) >= 11 is 0. The monoisotopic (exact) mass is 301 g/mol. The van der Waals surface area contributed by atoms with Gasteiger partial charge in [-0.2, -0.15) is 0 Å². The third-order valence-electron chi connectivity index (χ3n) is 2.33. The lowest BCUT2D eigenvalue weighted by Crippen LogP contribution is -2.24. The van der Waals surface area contributed by atoms with Crippen LogP contribution in [0.3, 0.4) is 0 Å². The molecule has 20 heavy (non-hydrogen) atoms. The van der Waals surface area contributed by atoms with Crippen molar-refractivity contribution in [1.29, 1.82) is 0 Å². The second kappa shape index (κ2) is 8.04. The van der Waals surface area contributed by atoms with Crippen molar-refractivity contribution in [3.63, 3.8) is 0 Å². The van der Waals surface area contributed by atoms with Crippen LogP contribution in [-0.4, -0.2) is 31.4 Å². The van der Waals surface area contributed by atoms with Gasteiger partial charge in [0.05, 0.1) is 12.8 Å². The van der Waals surface area contributed by atoms with E-state index in [0.717, 1.165) is 0 Å². The quantitative estimate of drug-likeness (QED) is 0.585. The lowest BCUT2D eigenvalue weighted by molar-refractivity contribution is -0.150. The van der Waals surface area contributed by atoms with Gasteiger partial charge in [0.15, 0.2) is 6.10 Å². The number of hydrogen-bond acceptors (Lipinski definition) is 6. The Morgan fingerprint density at radius 3 is 2.55 bits per heavy atom. The van der Waals surface area contributed by atoms with Crippen LogP contribution in [0.25, 0.3) is 0 Å². The van der Waals surface area contributed by atoms with Crippen molar-refractivity contribution in [2.24, 2.45) is 5.73 Å². The van der Waals surface area contributed by atoms with E-state index in [0.29, 0.717) is 5.75 Å². The number of benzene rings is 1. The highest BCUT2D eigenvalue weighted by Crippen LogP contribution is 2.48. The molecule has 0 saturated heterocycles. The van der Waals surface area contributed by atoms with Gasteiger partial charge >= 0.3 is 13.6 Å². The molecule has 0 heterocycles. The molecule has 0 amide bonds. The summed E-state index contributed by atoms with van der Waals surface area (Å²) in [4.78, 5) is 11.5. The van der Waals surface area contributed by atoms with Gasteiger partial charge in [0, 0.05) is 6.54 Å². The molecule has 6 nitrogen and oxygen atoms in total. The number of rotatable bonds is 8. The van der Waals surface area contributed by atoms with Gasteiger partial charge < -0.3 is 15.0 Å². The van der Waals surface area contributed by atoms with Crippen molar-refractivity contribution in [1.82, 2.24) is 0 Å². The highest BCUT2D eigenvalue weighted by atomic mass is 31.2. The van der Waals surface area contributed by atoms with Gasteiger partial charge in [-0.3, -0.25) is 4.52 Å². The zero-order valence-corrected chi connectivity index (χ0v) is 12.5. The first-order valence-corrected chi connectivity index (χ1v) is 8.12. The molecule has 0 saturated carbocycles. The van der Waals surface area contributed by atoms with Crippen molar-refractivity contribution in [2.75, 3.05) is 19.3 Å². The predicted molar refractivity (Wildman–Crippen MR) is 75.8 cm³/mol. The smallest absolute Gasteiger partial charge is 0.381 e. The number of nitrogens with two attached hydrogens (primary N) is 1. The molecule has 0 bridgehead atoms. The summed E-state index contributed by atoms with van der Waals surface area (Å²) in [7, 11) is -3.50. The van der Waals surface area contributed by atoms with Crippen LogP contribution in [0.5, 0.6) is 5.75 Å². The molecule has 0 radical (unpaired) electrons. The summed E-state index contributed by atoms with van der Waals surface area (Å²) in [5.41, 5.74) is 5.43. The first-order chi connectivity index (χ1) is 9.50. The van der Waals surface area contributed by atoms with Crippen LogP contribution in [0, 0.1) is 0 Å². The van der Waals surface area contributed by atoms with Gasteiger partial charge in [-0.25, -0.2) is 9.36 Å². The Morgan fingerprint density at radius 2 is 2.00 bits per heavy atom. The largest absolute Gasteiger partial charge is 0.464 e. The summed E-state index contributed by atoms with van der Waals surface area (Å²) in [6.07, 6.45) is -0.956. The SMILES string of the molecule is CCOC(=O)[C@@H](C)OP(=O)(CCN)Oc1ccccc1. The normalized spacial score (nSPS) is 15.2. The van der Waals surface area contributed by atoms with Crippen molar-refractivity contribution in [3.05, 3.63) is 30.3 Å². The molecule has 1 rings (SSSR count). The maximum absolute atomic E-state index is 12.6.